The van der Waals surface area contributed by atoms with Gasteiger partial charge in [-0.2, -0.15) is 13.2 Å². The molecule has 7 heteroatoms. The molecule has 0 radical (unpaired) electrons. The summed E-state index contributed by atoms with van der Waals surface area (Å²) in [6, 6.07) is 8.69. The molecule has 2 aromatic carbocycles. The zero-order valence-corrected chi connectivity index (χ0v) is 13.7. The molecule has 0 heterocycles. The van der Waals surface area contributed by atoms with Crippen LogP contribution in [0.3, 0.4) is 0 Å². The van der Waals surface area contributed by atoms with Gasteiger partial charge in [0.2, 0.25) is 5.91 Å². The van der Waals surface area contributed by atoms with Crippen molar-refractivity contribution < 1.29 is 22.4 Å². The van der Waals surface area contributed by atoms with Gasteiger partial charge in [0.05, 0.1) is 11.0 Å². The van der Waals surface area contributed by atoms with Crippen molar-refractivity contribution in [3.63, 3.8) is 0 Å². The Morgan fingerprint density at radius 3 is 2.32 bits per heavy atom. The highest BCUT2D eigenvalue weighted by Gasteiger charge is 2.33. The summed E-state index contributed by atoms with van der Waals surface area (Å²) < 4.78 is 52.3. The average Bonchev–Trinajstić information content (AvgIpc) is 2.53. The van der Waals surface area contributed by atoms with E-state index in [2.05, 4.69) is 5.32 Å². The molecule has 0 saturated carbocycles. The van der Waals surface area contributed by atoms with E-state index < -0.39 is 28.9 Å². The minimum atomic E-state index is -4.55. The lowest BCUT2D eigenvalue weighted by atomic mass is 9.83. The normalized spacial score (nSPS) is 12.1. The summed E-state index contributed by atoms with van der Waals surface area (Å²) in [6.45, 7) is 3.03. The fourth-order valence-corrected chi connectivity index (χ4v) is 2.34. The summed E-state index contributed by atoms with van der Waals surface area (Å²) in [6.07, 6.45) is -4.55. The first-order valence-corrected chi connectivity index (χ1v) is 7.53. The highest BCUT2D eigenvalue weighted by Crippen LogP contribution is 2.33. The lowest BCUT2D eigenvalue weighted by molar-refractivity contribution is -0.137. The molecule has 3 nitrogen and oxygen atoms in total. The molecule has 134 valence electrons. The molecule has 3 N–H and O–H groups in total. The third-order valence-corrected chi connectivity index (χ3v) is 3.93. The summed E-state index contributed by atoms with van der Waals surface area (Å²) >= 11 is 0. The Morgan fingerprint density at radius 1 is 1.08 bits per heavy atom. The maximum Gasteiger partial charge on any atom is 0.416 e. The van der Waals surface area contributed by atoms with Crippen LogP contribution >= 0.6 is 0 Å². The Hall–Kier alpha value is -2.41. The molecule has 0 fully saturated rings. The number of amides is 1. The molecule has 0 aliphatic rings. The molecular weight excluding hydrogens is 336 g/mol. The predicted octanol–water partition coefficient (Wildman–Crippen LogP) is 4.22. The van der Waals surface area contributed by atoms with E-state index in [9.17, 15) is 22.4 Å². The van der Waals surface area contributed by atoms with Crippen molar-refractivity contribution in [2.75, 3.05) is 5.32 Å². The smallest absolute Gasteiger partial charge is 0.326 e. The highest BCUT2D eigenvalue weighted by molar-refractivity contribution is 5.98. The first-order valence-electron chi connectivity index (χ1n) is 7.53. The minimum absolute atomic E-state index is 0.00949. The van der Waals surface area contributed by atoms with Crippen molar-refractivity contribution in [1.29, 1.82) is 0 Å². The van der Waals surface area contributed by atoms with Gasteiger partial charge in [0.1, 0.15) is 5.82 Å². The van der Waals surface area contributed by atoms with E-state index in [4.69, 9.17) is 5.73 Å². The van der Waals surface area contributed by atoms with Gasteiger partial charge in [0.25, 0.3) is 0 Å². The molecule has 0 atom stereocenters. The Labute approximate surface area is 142 Å². The molecule has 25 heavy (non-hydrogen) atoms. The maximum absolute atomic E-state index is 13.4. The van der Waals surface area contributed by atoms with Crippen LogP contribution in [0.4, 0.5) is 23.2 Å². The van der Waals surface area contributed by atoms with E-state index in [0.29, 0.717) is 5.56 Å². The summed E-state index contributed by atoms with van der Waals surface area (Å²) in [5.74, 6) is -1.05. The van der Waals surface area contributed by atoms with Crippen molar-refractivity contribution in [2.24, 2.45) is 5.73 Å². The van der Waals surface area contributed by atoms with E-state index in [1.54, 1.807) is 19.9 Å². The number of benzene rings is 2. The van der Waals surface area contributed by atoms with Crippen molar-refractivity contribution in [2.45, 2.75) is 32.0 Å². The second kappa shape index (κ2) is 6.84. The number of carbonyl (C=O) groups excluding carboxylic acids is 1. The summed E-state index contributed by atoms with van der Waals surface area (Å²) in [7, 11) is 0. The van der Waals surface area contributed by atoms with Crippen LogP contribution in [-0.2, 0) is 22.9 Å². The second-order valence-electron chi connectivity index (χ2n) is 6.21. The van der Waals surface area contributed by atoms with Crippen LogP contribution in [0, 0.1) is 5.82 Å². The van der Waals surface area contributed by atoms with Crippen LogP contribution in [0.15, 0.2) is 42.5 Å². The standard InChI is InChI=1S/C18H18F4N2O/c1-17(2,12-4-3-5-14(19)8-12)16(25)24-15-7-11(10-23)6-13(9-15)18(20,21)22/h3-9H,10,23H2,1-2H3,(H,24,25). The van der Waals surface area contributed by atoms with Crippen LogP contribution < -0.4 is 11.1 Å². The molecular formula is C18H18F4N2O. The lowest BCUT2D eigenvalue weighted by Crippen LogP contribution is -2.35. The molecule has 0 saturated heterocycles. The molecule has 1 amide bonds. The SMILES string of the molecule is CC(C)(C(=O)Nc1cc(CN)cc(C(F)(F)F)c1)c1cccc(F)c1. The van der Waals surface area contributed by atoms with Gasteiger partial charge in [-0.25, -0.2) is 4.39 Å². The van der Waals surface area contributed by atoms with E-state index in [-0.39, 0.29) is 17.8 Å². The second-order valence-corrected chi connectivity index (χ2v) is 6.21. The molecule has 0 spiro atoms. The van der Waals surface area contributed by atoms with Gasteiger partial charge in [-0.15, -0.1) is 0 Å². The summed E-state index contributed by atoms with van der Waals surface area (Å²) in [5, 5.41) is 2.47. The number of carbonyl (C=O) groups is 1. The molecule has 0 unspecified atom stereocenters. The third kappa shape index (κ3) is 4.36. The molecule has 2 aromatic rings. The number of hydrogen-bond donors (Lipinski definition) is 2. The largest absolute Gasteiger partial charge is 0.416 e. The zero-order chi connectivity index (χ0) is 18.8. The number of anilines is 1. The predicted molar refractivity (Wildman–Crippen MR) is 87.4 cm³/mol. The fourth-order valence-electron chi connectivity index (χ4n) is 2.34. The first kappa shape index (κ1) is 18.9. The number of hydrogen-bond acceptors (Lipinski definition) is 2. The molecule has 0 aromatic heterocycles. The average molecular weight is 354 g/mol. The molecule has 0 bridgehead atoms. The molecule has 0 aliphatic heterocycles. The van der Waals surface area contributed by atoms with E-state index in [1.807, 2.05) is 0 Å². The van der Waals surface area contributed by atoms with Gasteiger partial charge in [0, 0.05) is 12.2 Å². The Balaban J connectivity index is 2.33. The van der Waals surface area contributed by atoms with Crippen molar-refractivity contribution in [3.05, 3.63) is 65.0 Å². The quantitative estimate of drug-likeness (QED) is 0.808. The summed E-state index contributed by atoms with van der Waals surface area (Å²) in [4.78, 5) is 12.6. The summed E-state index contributed by atoms with van der Waals surface area (Å²) in [5.41, 5.74) is 4.05. The van der Waals surface area contributed by atoms with E-state index in [1.165, 1.54) is 24.3 Å². The topological polar surface area (TPSA) is 55.1 Å². The highest BCUT2D eigenvalue weighted by atomic mass is 19.4. The fraction of sp³-hybridized carbons (Fsp3) is 0.278. The van der Waals surface area contributed by atoms with Crippen LogP contribution in [0.25, 0.3) is 0 Å². The van der Waals surface area contributed by atoms with Crippen LogP contribution in [0.1, 0.15) is 30.5 Å². The van der Waals surface area contributed by atoms with Gasteiger partial charge >= 0.3 is 6.18 Å². The molecule has 0 aliphatic carbocycles. The Bertz CT molecular complexity index is 785. The van der Waals surface area contributed by atoms with Crippen LogP contribution in [0.2, 0.25) is 0 Å². The Kier molecular flexibility index (Phi) is 5.17. The monoisotopic (exact) mass is 354 g/mol. The van der Waals surface area contributed by atoms with E-state index >= 15 is 0 Å². The van der Waals surface area contributed by atoms with Gasteiger partial charge in [-0.1, -0.05) is 12.1 Å². The first-order chi connectivity index (χ1) is 11.5. The number of alkyl halides is 3. The number of rotatable bonds is 4. The number of halogens is 4. The van der Waals surface area contributed by atoms with Crippen molar-refractivity contribution >= 4 is 11.6 Å². The van der Waals surface area contributed by atoms with Crippen LogP contribution in [-0.4, -0.2) is 5.91 Å². The zero-order valence-electron chi connectivity index (χ0n) is 13.7. The van der Waals surface area contributed by atoms with Crippen molar-refractivity contribution in [3.8, 4) is 0 Å². The minimum Gasteiger partial charge on any atom is -0.326 e. The van der Waals surface area contributed by atoms with Gasteiger partial charge in [0.15, 0.2) is 0 Å². The van der Waals surface area contributed by atoms with E-state index in [0.717, 1.165) is 12.1 Å². The van der Waals surface area contributed by atoms with Gasteiger partial charge < -0.3 is 11.1 Å². The maximum atomic E-state index is 13.4. The molecule has 2 rings (SSSR count). The Morgan fingerprint density at radius 2 is 1.76 bits per heavy atom. The lowest BCUT2D eigenvalue weighted by Gasteiger charge is -2.24. The van der Waals surface area contributed by atoms with Gasteiger partial charge in [-0.3, -0.25) is 4.79 Å². The van der Waals surface area contributed by atoms with Gasteiger partial charge in [-0.05, 0) is 55.3 Å². The number of nitrogens with one attached hydrogen (secondary N) is 1. The van der Waals surface area contributed by atoms with Crippen molar-refractivity contribution in [1.82, 2.24) is 0 Å². The number of nitrogens with two attached hydrogens (primary N) is 1. The third-order valence-electron chi connectivity index (χ3n) is 3.93. The van der Waals surface area contributed by atoms with Crippen LogP contribution in [0.5, 0.6) is 0 Å².